The standard InChI is InChI=1S/C15H13Cl2FN2O/c1-8-5-10(19-2)3-4-11(8)15(21)20-14-12(16)6-9(18)7-13(14)17/h3-7,19H,1-2H3,(H,20,21). The number of carbonyl (C=O) groups is 1. The van der Waals surface area contributed by atoms with E-state index in [1.165, 1.54) is 0 Å². The van der Waals surface area contributed by atoms with Crippen LogP contribution in [0.25, 0.3) is 0 Å². The molecule has 0 aliphatic rings. The van der Waals surface area contributed by atoms with Crippen LogP contribution in [-0.4, -0.2) is 13.0 Å². The Balaban J connectivity index is 2.30. The molecule has 2 aromatic carbocycles. The summed E-state index contributed by atoms with van der Waals surface area (Å²) in [6.45, 7) is 1.82. The lowest BCUT2D eigenvalue weighted by atomic mass is 10.1. The molecule has 0 aliphatic carbocycles. The number of carbonyl (C=O) groups excluding carboxylic acids is 1. The van der Waals surface area contributed by atoms with E-state index in [2.05, 4.69) is 10.6 Å². The van der Waals surface area contributed by atoms with E-state index in [9.17, 15) is 9.18 Å². The molecule has 0 bridgehead atoms. The molecule has 0 aliphatic heterocycles. The van der Waals surface area contributed by atoms with Crippen LogP contribution in [0.3, 0.4) is 0 Å². The fourth-order valence-corrected chi connectivity index (χ4v) is 2.47. The highest BCUT2D eigenvalue weighted by Gasteiger charge is 2.15. The van der Waals surface area contributed by atoms with Crippen molar-refractivity contribution in [3.8, 4) is 0 Å². The quantitative estimate of drug-likeness (QED) is 0.855. The third-order valence-corrected chi connectivity index (χ3v) is 3.60. The highest BCUT2D eigenvalue weighted by Crippen LogP contribution is 2.32. The smallest absolute Gasteiger partial charge is 0.256 e. The molecule has 0 aromatic heterocycles. The molecule has 2 N–H and O–H groups in total. The minimum absolute atomic E-state index is 0.0536. The van der Waals surface area contributed by atoms with Gasteiger partial charge in [-0.3, -0.25) is 4.79 Å². The molecule has 0 radical (unpaired) electrons. The van der Waals surface area contributed by atoms with Gasteiger partial charge in [0, 0.05) is 18.3 Å². The van der Waals surface area contributed by atoms with Gasteiger partial charge in [-0.15, -0.1) is 0 Å². The second-order valence-electron chi connectivity index (χ2n) is 4.48. The van der Waals surface area contributed by atoms with Crippen LogP contribution in [0.2, 0.25) is 10.0 Å². The number of nitrogens with one attached hydrogen (secondary N) is 2. The van der Waals surface area contributed by atoms with Crippen LogP contribution in [0.5, 0.6) is 0 Å². The molecule has 0 fully saturated rings. The minimum atomic E-state index is -0.558. The first-order valence-corrected chi connectivity index (χ1v) is 6.92. The summed E-state index contributed by atoms with van der Waals surface area (Å²) in [6, 6.07) is 7.53. The maximum atomic E-state index is 13.1. The lowest BCUT2D eigenvalue weighted by Crippen LogP contribution is -2.14. The van der Waals surface area contributed by atoms with Gasteiger partial charge in [0.2, 0.25) is 0 Å². The number of hydrogen-bond donors (Lipinski definition) is 2. The highest BCUT2D eigenvalue weighted by molar-refractivity contribution is 6.40. The average Bonchev–Trinajstić information content (AvgIpc) is 2.42. The van der Waals surface area contributed by atoms with E-state index in [0.717, 1.165) is 23.4 Å². The lowest BCUT2D eigenvalue weighted by molar-refractivity contribution is 0.102. The number of halogens is 3. The summed E-state index contributed by atoms with van der Waals surface area (Å²) >= 11 is 11.8. The summed E-state index contributed by atoms with van der Waals surface area (Å²) in [6.07, 6.45) is 0. The molecule has 110 valence electrons. The summed E-state index contributed by atoms with van der Waals surface area (Å²) < 4.78 is 13.1. The first-order chi connectivity index (χ1) is 9.92. The van der Waals surface area contributed by atoms with E-state index < -0.39 is 5.82 Å². The lowest BCUT2D eigenvalue weighted by Gasteiger charge is -2.12. The summed E-state index contributed by atoms with van der Waals surface area (Å²) in [5.74, 6) is -0.914. The van der Waals surface area contributed by atoms with Gasteiger partial charge in [-0.25, -0.2) is 4.39 Å². The van der Waals surface area contributed by atoms with Crippen molar-refractivity contribution in [2.75, 3.05) is 17.7 Å². The van der Waals surface area contributed by atoms with E-state index in [4.69, 9.17) is 23.2 Å². The predicted molar refractivity (Wildman–Crippen MR) is 85.1 cm³/mol. The third kappa shape index (κ3) is 3.46. The second-order valence-corrected chi connectivity index (χ2v) is 5.29. The molecule has 0 saturated carbocycles. The van der Waals surface area contributed by atoms with Crippen molar-refractivity contribution in [1.29, 1.82) is 0 Å². The van der Waals surface area contributed by atoms with Gasteiger partial charge >= 0.3 is 0 Å². The van der Waals surface area contributed by atoms with Gasteiger partial charge in [-0.2, -0.15) is 0 Å². The molecule has 0 saturated heterocycles. The largest absolute Gasteiger partial charge is 0.388 e. The second kappa shape index (κ2) is 6.33. The van der Waals surface area contributed by atoms with Crippen LogP contribution in [0.15, 0.2) is 30.3 Å². The van der Waals surface area contributed by atoms with Crippen molar-refractivity contribution in [2.45, 2.75) is 6.92 Å². The Hall–Kier alpha value is -1.78. The van der Waals surface area contributed by atoms with Crippen molar-refractivity contribution < 1.29 is 9.18 Å². The van der Waals surface area contributed by atoms with Gasteiger partial charge in [0.15, 0.2) is 0 Å². The predicted octanol–water partition coefficient (Wildman–Crippen LogP) is 4.73. The SMILES string of the molecule is CNc1ccc(C(=O)Nc2c(Cl)cc(F)cc2Cl)c(C)c1. The van der Waals surface area contributed by atoms with Crippen LogP contribution < -0.4 is 10.6 Å². The summed E-state index contributed by atoms with van der Waals surface area (Å²) in [4.78, 5) is 12.3. The van der Waals surface area contributed by atoms with Crippen LogP contribution in [0.1, 0.15) is 15.9 Å². The zero-order valence-corrected chi connectivity index (χ0v) is 12.9. The van der Waals surface area contributed by atoms with Crippen LogP contribution in [0.4, 0.5) is 15.8 Å². The van der Waals surface area contributed by atoms with Gasteiger partial charge in [-0.1, -0.05) is 23.2 Å². The van der Waals surface area contributed by atoms with Crippen molar-refractivity contribution in [1.82, 2.24) is 0 Å². The van der Waals surface area contributed by atoms with E-state index in [1.807, 2.05) is 13.0 Å². The van der Waals surface area contributed by atoms with Gasteiger partial charge in [0.05, 0.1) is 15.7 Å². The van der Waals surface area contributed by atoms with Crippen LogP contribution in [-0.2, 0) is 0 Å². The number of anilines is 2. The molecule has 0 heterocycles. The van der Waals surface area contributed by atoms with Gasteiger partial charge in [0.1, 0.15) is 5.82 Å². The Morgan fingerprint density at radius 3 is 2.29 bits per heavy atom. The Kier molecular flexibility index (Phi) is 4.70. The number of amides is 1. The maximum absolute atomic E-state index is 13.1. The molecule has 0 unspecified atom stereocenters. The molecular weight excluding hydrogens is 314 g/mol. The van der Waals surface area contributed by atoms with E-state index >= 15 is 0 Å². The molecule has 0 atom stereocenters. The van der Waals surface area contributed by atoms with Crippen molar-refractivity contribution in [2.24, 2.45) is 0 Å². The Labute approximate surface area is 132 Å². The van der Waals surface area contributed by atoms with Crippen molar-refractivity contribution in [3.63, 3.8) is 0 Å². The van der Waals surface area contributed by atoms with Gasteiger partial charge < -0.3 is 10.6 Å². The number of hydrogen-bond acceptors (Lipinski definition) is 2. The fourth-order valence-electron chi connectivity index (χ4n) is 1.92. The Morgan fingerprint density at radius 2 is 1.76 bits per heavy atom. The van der Waals surface area contributed by atoms with E-state index in [-0.39, 0.29) is 21.6 Å². The molecule has 1 amide bonds. The van der Waals surface area contributed by atoms with E-state index in [0.29, 0.717) is 5.56 Å². The monoisotopic (exact) mass is 326 g/mol. The maximum Gasteiger partial charge on any atom is 0.256 e. The molecule has 3 nitrogen and oxygen atoms in total. The topological polar surface area (TPSA) is 41.1 Å². The Morgan fingerprint density at radius 1 is 1.14 bits per heavy atom. The normalized spacial score (nSPS) is 10.3. The van der Waals surface area contributed by atoms with Crippen LogP contribution >= 0.6 is 23.2 Å². The molecule has 0 spiro atoms. The fraction of sp³-hybridized carbons (Fsp3) is 0.133. The average molecular weight is 327 g/mol. The summed E-state index contributed by atoms with van der Waals surface area (Å²) in [7, 11) is 1.80. The number of aryl methyl sites for hydroxylation is 1. The molecular formula is C15H13Cl2FN2O. The molecule has 2 aromatic rings. The molecule has 6 heteroatoms. The van der Waals surface area contributed by atoms with Crippen molar-refractivity contribution >= 4 is 40.5 Å². The third-order valence-electron chi connectivity index (χ3n) is 3.01. The van der Waals surface area contributed by atoms with Gasteiger partial charge in [0.25, 0.3) is 5.91 Å². The first kappa shape index (κ1) is 15.6. The number of benzene rings is 2. The molecule has 21 heavy (non-hydrogen) atoms. The van der Waals surface area contributed by atoms with Crippen LogP contribution in [0, 0.1) is 12.7 Å². The minimum Gasteiger partial charge on any atom is -0.388 e. The Bertz CT molecular complexity index is 681. The van der Waals surface area contributed by atoms with Crippen molar-refractivity contribution in [3.05, 3.63) is 57.3 Å². The summed E-state index contributed by atoms with van der Waals surface area (Å²) in [5, 5.41) is 5.71. The highest BCUT2D eigenvalue weighted by atomic mass is 35.5. The summed E-state index contributed by atoms with van der Waals surface area (Å²) in [5.41, 5.74) is 2.39. The first-order valence-electron chi connectivity index (χ1n) is 6.16. The molecule has 2 rings (SSSR count). The van der Waals surface area contributed by atoms with Gasteiger partial charge in [-0.05, 0) is 42.8 Å². The number of rotatable bonds is 3. The zero-order valence-electron chi connectivity index (χ0n) is 11.4. The van der Waals surface area contributed by atoms with E-state index in [1.54, 1.807) is 19.2 Å². The zero-order chi connectivity index (χ0) is 15.6.